The minimum absolute atomic E-state index is 0.360. The predicted octanol–water partition coefficient (Wildman–Crippen LogP) is 2.53. The Morgan fingerprint density at radius 3 is 2.39 bits per heavy atom. The summed E-state index contributed by atoms with van der Waals surface area (Å²) in [4.78, 5) is 11.1. The Morgan fingerprint density at radius 1 is 1.39 bits per heavy atom. The number of carbonyl (C=O) groups excluding carboxylic acids is 1. The van der Waals surface area contributed by atoms with Gasteiger partial charge in [0.2, 0.25) is 0 Å². The molecule has 1 saturated carbocycles. The molecular weight excluding hydrogens is 275 g/mol. The van der Waals surface area contributed by atoms with Gasteiger partial charge in [0.25, 0.3) is 0 Å². The van der Waals surface area contributed by atoms with Crippen molar-refractivity contribution in [2.75, 3.05) is 13.2 Å². The minimum atomic E-state index is -1.24. The first-order chi connectivity index (χ1) is 8.53. The van der Waals surface area contributed by atoms with Crippen molar-refractivity contribution in [2.45, 2.75) is 17.2 Å². The summed E-state index contributed by atoms with van der Waals surface area (Å²) >= 11 is 12.2. The molecule has 0 heterocycles. The molecule has 1 fully saturated rings. The number of rotatable bonds is 5. The second-order valence-corrected chi connectivity index (χ2v) is 5.76. The zero-order valence-corrected chi connectivity index (χ0v) is 11.4. The molecule has 0 amide bonds. The fourth-order valence-corrected chi connectivity index (χ4v) is 3.25. The summed E-state index contributed by atoms with van der Waals surface area (Å²) < 4.78 is 4.09. The van der Waals surface area contributed by atoms with Gasteiger partial charge in [-0.1, -0.05) is 35.3 Å². The van der Waals surface area contributed by atoms with E-state index in [2.05, 4.69) is 0 Å². The van der Waals surface area contributed by atoms with E-state index in [1.165, 1.54) is 0 Å². The van der Waals surface area contributed by atoms with E-state index in [1.54, 1.807) is 12.1 Å². The van der Waals surface area contributed by atoms with Crippen molar-refractivity contribution in [2.24, 2.45) is 5.41 Å². The molecule has 1 aliphatic rings. The molecule has 0 aromatic heterocycles. The van der Waals surface area contributed by atoms with E-state index in [1.807, 2.05) is 19.1 Å². The molecule has 0 spiro atoms. The number of aliphatic hydroxyl groups excluding tert-OH is 1. The highest BCUT2D eigenvalue weighted by Crippen LogP contribution is 2.72. The molecule has 0 saturated heterocycles. The van der Waals surface area contributed by atoms with Crippen LogP contribution in [0.3, 0.4) is 0 Å². The maximum atomic E-state index is 11.1. The molecule has 2 rings (SSSR count). The normalized spacial score (nSPS) is 28.8. The number of alkyl halides is 2. The highest BCUT2D eigenvalue weighted by molar-refractivity contribution is 6.54. The number of hydrogen-bond donors (Lipinski definition) is 1. The lowest BCUT2D eigenvalue weighted by atomic mass is 10.0. The van der Waals surface area contributed by atoms with Crippen molar-refractivity contribution in [1.29, 1.82) is 0 Å². The molecule has 2 unspecified atom stereocenters. The van der Waals surface area contributed by atoms with E-state index in [4.69, 9.17) is 27.9 Å². The van der Waals surface area contributed by atoms with Crippen LogP contribution in [0, 0.1) is 5.41 Å². The molecule has 1 aliphatic carbocycles. The highest BCUT2D eigenvalue weighted by Gasteiger charge is 2.76. The summed E-state index contributed by atoms with van der Waals surface area (Å²) in [7, 11) is 0. The van der Waals surface area contributed by atoms with Gasteiger partial charge in [-0.3, -0.25) is 0 Å². The molecule has 0 radical (unpaired) electrons. The van der Waals surface area contributed by atoms with Crippen LogP contribution in [0.15, 0.2) is 24.3 Å². The number of carbonyl (C=O) groups is 1. The topological polar surface area (TPSA) is 46.5 Å². The molecule has 2 atom stereocenters. The lowest BCUT2D eigenvalue weighted by molar-refractivity contribution is -0.113. The van der Waals surface area contributed by atoms with Gasteiger partial charge in [0, 0.05) is 5.92 Å². The number of hydrogen-bond acceptors (Lipinski definition) is 3. The van der Waals surface area contributed by atoms with Crippen LogP contribution in [-0.2, 0) is 4.79 Å². The lowest BCUT2D eigenvalue weighted by Crippen LogP contribution is -2.16. The maximum absolute atomic E-state index is 11.1. The van der Waals surface area contributed by atoms with Crippen molar-refractivity contribution >= 4 is 29.5 Å². The molecule has 0 bridgehead atoms. The monoisotopic (exact) mass is 288 g/mol. The van der Waals surface area contributed by atoms with E-state index < -0.39 is 9.75 Å². The molecule has 0 aliphatic heterocycles. The van der Waals surface area contributed by atoms with Gasteiger partial charge in [0.1, 0.15) is 16.4 Å². The Kier molecular flexibility index (Phi) is 3.58. The van der Waals surface area contributed by atoms with Crippen LogP contribution in [0.1, 0.15) is 18.4 Å². The highest BCUT2D eigenvalue weighted by atomic mass is 35.5. The van der Waals surface area contributed by atoms with E-state index in [0.29, 0.717) is 12.9 Å². The van der Waals surface area contributed by atoms with E-state index in [-0.39, 0.29) is 12.5 Å². The van der Waals surface area contributed by atoms with Gasteiger partial charge < -0.3 is 14.6 Å². The Morgan fingerprint density at radius 2 is 2.00 bits per heavy atom. The number of ether oxygens (including phenoxy) is 1. The zero-order chi connectivity index (χ0) is 13.4. The first kappa shape index (κ1) is 13.7. The third-order valence-corrected chi connectivity index (χ3v) is 4.55. The van der Waals surface area contributed by atoms with Gasteiger partial charge in [0.05, 0.1) is 18.6 Å². The SMILES string of the molecule is CCOc1ccc(C2C(Cl)(Cl)C2(C=O)CO)cc1. The van der Waals surface area contributed by atoms with Crippen molar-refractivity contribution in [3.05, 3.63) is 29.8 Å². The van der Waals surface area contributed by atoms with Crippen molar-refractivity contribution in [3.63, 3.8) is 0 Å². The van der Waals surface area contributed by atoms with Crippen LogP contribution < -0.4 is 4.74 Å². The molecular formula is C13H14Cl2O3. The van der Waals surface area contributed by atoms with E-state index >= 15 is 0 Å². The van der Waals surface area contributed by atoms with Crippen LogP contribution in [-0.4, -0.2) is 28.9 Å². The third-order valence-electron chi connectivity index (χ3n) is 3.41. The van der Waals surface area contributed by atoms with Gasteiger partial charge in [-0.05, 0) is 24.6 Å². The fraction of sp³-hybridized carbons (Fsp3) is 0.462. The zero-order valence-electron chi connectivity index (χ0n) is 9.90. The fourth-order valence-electron chi connectivity index (χ4n) is 2.29. The van der Waals surface area contributed by atoms with Crippen LogP contribution >= 0.6 is 23.2 Å². The molecule has 1 aromatic carbocycles. The van der Waals surface area contributed by atoms with Gasteiger partial charge >= 0.3 is 0 Å². The Labute approximate surface area is 116 Å². The van der Waals surface area contributed by atoms with Crippen LogP contribution in [0.5, 0.6) is 5.75 Å². The molecule has 18 heavy (non-hydrogen) atoms. The van der Waals surface area contributed by atoms with Crippen molar-refractivity contribution in [3.8, 4) is 5.75 Å². The first-order valence-electron chi connectivity index (χ1n) is 5.71. The van der Waals surface area contributed by atoms with Crippen molar-refractivity contribution in [1.82, 2.24) is 0 Å². The second-order valence-electron chi connectivity index (χ2n) is 4.37. The van der Waals surface area contributed by atoms with E-state index in [0.717, 1.165) is 11.3 Å². The number of aldehydes is 1. The molecule has 1 aromatic rings. The second kappa shape index (κ2) is 4.72. The van der Waals surface area contributed by atoms with Crippen LogP contribution in [0.4, 0.5) is 0 Å². The molecule has 5 heteroatoms. The quantitative estimate of drug-likeness (QED) is 0.669. The minimum Gasteiger partial charge on any atom is -0.494 e. The van der Waals surface area contributed by atoms with Crippen LogP contribution in [0.2, 0.25) is 0 Å². The lowest BCUT2D eigenvalue weighted by Gasteiger charge is -2.06. The average molecular weight is 289 g/mol. The van der Waals surface area contributed by atoms with E-state index in [9.17, 15) is 9.90 Å². The van der Waals surface area contributed by atoms with Gasteiger partial charge in [-0.15, -0.1) is 0 Å². The Balaban J connectivity index is 2.26. The summed E-state index contributed by atoms with van der Waals surface area (Å²) in [5.74, 6) is 0.365. The number of halogens is 2. The molecule has 98 valence electrons. The third kappa shape index (κ3) is 1.81. The first-order valence-corrected chi connectivity index (χ1v) is 6.47. The number of benzene rings is 1. The van der Waals surface area contributed by atoms with Gasteiger partial charge in [0.15, 0.2) is 0 Å². The summed E-state index contributed by atoms with van der Waals surface area (Å²) in [6.45, 7) is 2.13. The number of aliphatic hydroxyl groups is 1. The molecule has 1 N–H and O–H groups in total. The van der Waals surface area contributed by atoms with Crippen LogP contribution in [0.25, 0.3) is 0 Å². The maximum Gasteiger partial charge on any atom is 0.141 e. The Bertz CT molecular complexity index is 444. The summed E-state index contributed by atoms with van der Waals surface area (Å²) in [6, 6.07) is 7.23. The largest absolute Gasteiger partial charge is 0.494 e. The summed E-state index contributed by atoms with van der Waals surface area (Å²) in [5.41, 5.74) is -0.270. The Hall–Kier alpha value is -0.770. The van der Waals surface area contributed by atoms with Crippen molar-refractivity contribution < 1.29 is 14.6 Å². The molecule has 3 nitrogen and oxygen atoms in total. The van der Waals surface area contributed by atoms with Gasteiger partial charge in [-0.25, -0.2) is 0 Å². The smallest absolute Gasteiger partial charge is 0.141 e. The predicted molar refractivity (Wildman–Crippen MR) is 70.4 cm³/mol. The van der Waals surface area contributed by atoms with Gasteiger partial charge in [-0.2, -0.15) is 0 Å². The average Bonchev–Trinajstić information content (AvgIpc) is 2.87. The summed E-state index contributed by atoms with van der Waals surface area (Å²) in [6.07, 6.45) is 0.647. The summed E-state index contributed by atoms with van der Waals surface area (Å²) in [5, 5.41) is 9.34. The standard InChI is InChI=1S/C13H14Cl2O3/c1-2-18-10-5-3-9(4-6-10)11-12(7-16,8-17)13(11,14)15/h3-7,11,17H,2,8H2,1H3.